The number of hydrogen-bond donors (Lipinski definition) is 1. The van der Waals surface area contributed by atoms with Gasteiger partial charge in [0.15, 0.2) is 11.5 Å². The maximum Gasteiger partial charge on any atom is 0.275 e. The van der Waals surface area contributed by atoms with Crippen LogP contribution >= 0.6 is 0 Å². The van der Waals surface area contributed by atoms with Crippen LogP contribution in [0.15, 0.2) is 24.3 Å². The van der Waals surface area contributed by atoms with Crippen LogP contribution in [-0.4, -0.2) is 42.3 Å². The van der Waals surface area contributed by atoms with Gasteiger partial charge in [-0.25, -0.2) is 0 Å². The maximum atomic E-state index is 13.0. The summed E-state index contributed by atoms with van der Waals surface area (Å²) in [4.78, 5) is 14.8. The smallest absolute Gasteiger partial charge is 0.275 e. The molecule has 0 spiro atoms. The van der Waals surface area contributed by atoms with E-state index in [1.54, 1.807) is 4.90 Å². The molecule has 1 aromatic carbocycles. The van der Waals surface area contributed by atoms with Crippen LogP contribution in [0.25, 0.3) is 10.9 Å². The van der Waals surface area contributed by atoms with Crippen LogP contribution in [0, 0.1) is 0 Å². The predicted octanol–water partition coefficient (Wildman–Crippen LogP) is 2.49. The Bertz CT molecular complexity index is 909. The number of H-pyrrole nitrogens is 1. The summed E-state index contributed by atoms with van der Waals surface area (Å²) in [6.07, 6.45) is 0. The topological polar surface area (TPSA) is 79.7 Å². The lowest BCUT2D eigenvalue weighted by Crippen LogP contribution is -2.41. The standard InChI is InChI=1S/C17H20N6O/c1-10(2)16-21-19-14-9-22(8-11(3)23(14)16)17(24)15-12-6-4-5-7-13(12)18-20-15/h4-7,10-11H,8-9H2,1-3H3,(H,18,20)/t11-/m0/s1. The maximum absolute atomic E-state index is 13.0. The third kappa shape index (κ3) is 2.19. The molecule has 124 valence electrons. The molecule has 1 amide bonds. The van der Waals surface area contributed by atoms with Crippen molar-refractivity contribution in [3.8, 4) is 0 Å². The molecule has 7 nitrogen and oxygen atoms in total. The molecule has 0 saturated heterocycles. The van der Waals surface area contributed by atoms with Gasteiger partial charge in [0.05, 0.1) is 18.1 Å². The third-order valence-corrected chi connectivity index (χ3v) is 4.53. The monoisotopic (exact) mass is 324 g/mol. The van der Waals surface area contributed by atoms with Gasteiger partial charge in [-0.2, -0.15) is 5.10 Å². The van der Waals surface area contributed by atoms with Crippen molar-refractivity contribution >= 4 is 16.8 Å². The van der Waals surface area contributed by atoms with Gasteiger partial charge >= 0.3 is 0 Å². The average molecular weight is 324 g/mol. The first kappa shape index (κ1) is 14.9. The Hall–Kier alpha value is -2.70. The zero-order valence-electron chi connectivity index (χ0n) is 14.0. The number of nitrogens with one attached hydrogen (secondary N) is 1. The Kier molecular flexibility index (Phi) is 3.37. The number of amides is 1. The number of hydrogen-bond acceptors (Lipinski definition) is 4. The van der Waals surface area contributed by atoms with Crippen molar-refractivity contribution < 1.29 is 4.79 Å². The minimum atomic E-state index is -0.0698. The molecule has 2 aromatic heterocycles. The van der Waals surface area contributed by atoms with E-state index in [9.17, 15) is 4.79 Å². The second-order valence-electron chi connectivity index (χ2n) is 6.65. The van der Waals surface area contributed by atoms with Crippen molar-refractivity contribution in [2.24, 2.45) is 0 Å². The number of para-hydroxylation sites is 1. The van der Waals surface area contributed by atoms with Crippen molar-refractivity contribution in [3.05, 3.63) is 41.6 Å². The van der Waals surface area contributed by atoms with Gasteiger partial charge in [0, 0.05) is 17.8 Å². The summed E-state index contributed by atoms with van der Waals surface area (Å²) in [7, 11) is 0. The summed E-state index contributed by atoms with van der Waals surface area (Å²) < 4.78 is 2.16. The van der Waals surface area contributed by atoms with Crippen molar-refractivity contribution in [3.63, 3.8) is 0 Å². The van der Waals surface area contributed by atoms with E-state index in [2.05, 4.69) is 45.7 Å². The summed E-state index contributed by atoms with van der Waals surface area (Å²) in [5.74, 6) is 2.06. The van der Waals surface area contributed by atoms with E-state index in [1.165, 1.54) is 0 Å². The van der Waals surface area contributed by atoms with Crippen LogP contribution < -0.4 is 0 Å². The highest BCUT2D eigenvalue weighted by Gasteiger charge is 2.31. The number of rotatable bonds is 2. The summed E-state index contributed by atoms with van der Waals surface area (Å²) >= 11 is 0. The molecular weight excluding hydrogens is 304 g/mol. The Balaban J connectivity index is 1.67. The highest BCUT2D eigenvalue weighted by Crippen LogP contribution is 2.27. The molecule has 0 fully saturated rings. The zero-order valence-corrected chi connectivity index (χ0v) is 14.0. The Morgan fingerprint density at radius 1 is 1.29 bits per heavy atom. The summed E-state index contributed by atoms with van der Waals surface area (Å²) in [6.45, 7) is 7.41. The fourth-order valence-electron chi connectivity index (χ4n) is 3.39. The molecule has 0 saturated carbocycles. The van der Waals surface area contributed by atoms with E-state index in [0.29, 0.717) is 24.7 Å². The van der Waals surface area contributed by atoms with Gasteiger partial charge in [-0.3, -0.25) is 9.89 Å². The molecule has 3 heterocycles. The van der Waals surface area contributed by atoms with E-state index >= 15 is 0 Å². The Morgan fingerprint density at radius 3 is 2.88 bits per heavy atom. The van der Waals surface area contributed by atoms with Gasteiger partial charge in [0.25, 0.3) is 5.91 Å². The molecule has 1 aliphatic heterocycles. The first-order chi connectivity index (χ1) is 11.6. The van der Waals surface area contributed by atoms with Gasteiger partial charge in [-0.1, -0.05) is 32.0 Å². The van der Waals surface area contributed by atoms with Crippen molar-refractivity contribution in [2.75, 3.05) is 6.54 Å². The second-order valence-corrected chi connectivity index (χ2v) is 6.65. The SMILES string of the molecule is CC(C)c1nnc2n1[C@@H](C)CN(C(=O)c1n[nH]c3ccccc13)C2. The van der Waals surface area contributed by atoms with Gasteiger partial charge in [0.2, 0.25) is 0 Å². The molecule has 1 atom stereocenters. The number of carbonyl (C=O) groups excluding carboxylic acids is 1. The van der Waals surface area contributed by atoms with E-state index < -0.39 is 0 Å². The fraction of sp³-hybridized carbons (Fsp3) is 0.412. The summed E-state index contributed by atoms with van der Waals surface area (Å²) in [5.41, 5.74) is 1.34. The highest BCUT2D eigenvalue weighted by atomic mass is 16.2. The molecule has 0 bridgehead atoms. The Morgan fingerprint density at radius 2 is 2.08 bits per heavy atom. The van der Waals surface area contributed by atoms with Crippen LogP contribution in [0.3, 0.4) is 0 Å². The minimum absolute atomic E-state index is 0.0698. The number of aromatic amines is 1. The summed E-state index contributed by atoms with van der Waals surface area (Å²) in [6, 6.07) is 7.82. The zero-order chi connectivity index (χ0) is 16.8. The number of fused-ring (bicyclic) bond motifs is 2. The fourth-order valence-corrected chi connectivity index (χ4v) is 3.39. The Labute approximate surface area is 139 Å². The minimum Gasteiger partial charge on any atom is -0.328 e. The molecule has 3 aromatic rings. The van der Waals surface area contributed by atoms with Crippen LogP contribution in [0.4, 0.5) is 0 Å². The van der Waals surface area contributed by atoms with Crippen LogP contribution in [0.5, 0.6) is 0 Å². The van der Waals surface area contributed by atoms with E-state index in [0.717, 1.165) is 22.6 Å². The lowest BCUT2D eigenvalue weighted by Gasteiger charge is -2.32. The molecule has 1 aliphatic rings. The van der Waals surface area contributed by atoms with Gasteiger partial charge < -0.3 is 9.47 Å². The van der Waals surface area contributed by atoms with E-state index in [-0.39, 0.29) is 11.9 Å². The largest absolute Gasteiger partial charge is 0.328 e. The predicted molar refractivity (Wildman–Crippen MR) is 89.7 cm³/mol. The van der Waals surface area contributed by atoms with Gasteiger partial charge in [0.1, 0.15) is 5.82 Å². The third-order valence-electron chi connectivity index (χ3n) is 4.53. The first-order valence-electron chi connectivity index (χ1n) is 8.22. The van der Waals surface area contributed by atoms with Crippen LogP contribution in [0.2, 0.25) is 0 Å². The quantitative estimate of drug-likeness (QED) is 0.785. The second kappa shape index (κ2) is 5.43. The molecular formula is C17H20N6O. The number of benzene rings is 1. The molecule has 24 heavy (non-hydrogen) atoms. The molecule has 7 heteroatoms. The molecule has 4 rings (SSSR count). The normalized spacial score (nSPS) is 17.5. The summed E-state index contributed by atoms with van der Waals surface area (Å²) in [5, 5.41) is 16.6. The van der Waals surface area contributed by atoms with Crippen LogP contribution in [0.1, 0.15) is 54.9 Å². The van der Waals surface area contributed by atoms with E-state index in [1.807, 2.05) is 24.3 Å². The lowest BCUT2D eigenvalue weighted by molar-refractivity contribution is 0.0675. The molecule has 1 N–H and O–H groups in total. The van der Waals surface area contributed by atoms with E-state index in [4.69, 9.17) is 0 Å². The van der Waals surface area contributed by atoms with Crippen molar-refractivity contribution in [2.45, 2.75) is 39.3 Å². The van der Waals surface area contributed by atoms with Crippen molar-refractivity contribution in [1.29, 1.82) is 0 Å². The number of nitrogens with zero attached hydrogens (tertiary/aromatic N) is 5. The molecule has 0 radical (unpaired) electrons. The average Bonchev–Trinajstić information content (AvgIpc) is 3.18. The lowest BCUT2D eigenvalue weighted by atomic mass is 10.1. The number of carbonyl (C=O) groups is 1. The van der Waals surface area contributed by atoms with Crippen LogP contribution in [-0.2, 0) is 6.54 Å². The number of aromatic nitrogens is 5. The van der Waals surface area contributed by atoms with Gasteiger partial charge in [-0.05, 0) is 13.0 Å². The van der Waals surface area contributed by atoms with Crippen molar-refractivity contribution in [1.82, 2.24) is 29.9 Å². The molecule has 0 aliphatic carbocycles. The molecule has 0 unspecified atom stereocenters. The van der Waals surface area contributed by atoms with Gasteiger partial charge in [-0.15, -0.1) is 10.2 Å². The first-order valence-corrected chi connectivity index (χ1v) is 8.22. The highest BCUT2D eigenvalue weighted by molar-refractivity contribution is 6.04.